The third-order valence-corrected chi connectivity index (χ3v) is 10.6. The van der Waals surface area contributed by atoms with Crippen LogP contribution in [0.2, 0.25) is 0 Å². The Bertz CT molecular complexity index is 1420. The summed E-state index contributed by atoms with van der Waals surface area (Å²) < 4.78 is 58.6. The number of hydrogen-bond acceptors (Lipinski definition) is 7. The first-order chi connectivity index (χ1) is 19.2. The Kier molecular flexibility index (Phi) is 10.3. The highest BCUT2D eigenvalue weighted by Gasteiger charge is 2.44. The molecule has 0 radical (unpaired) electrons. The molecule has 1 heterocycles. The minimum atomic E-state index is -4.14. The van der Waals surface area contributed by atoms with Gasteiger partial charge in [0.05, 0.1) is 21.9 Å². The number of nitrogens with one attached hydrogen (secondary N) is 1. The predicted octanol–water partition coefficient (Wildman–Crippen LogP) is 1.84. The number of amides is 2. The Hall–Kier alpha value is -3.36. The number of carbonyl (C=O) groups excluding carboxylic acids is 2. The summed E-state index contributed by atoms with van der Waals surface area (Å²) in [6, 6.07) is 9.13. The number of nitrogens with zero attached hydrogens (tertiary/aromatic N) is 2. The van der Waals surface area contributed by atoms with E-state index in [-0.39, 0.29) is 47.1 Å². The van der Waals surface area contributed by atoms with Crippen LogP contribution in [0.5, 0.6) is 0 Å². The van der Waals surface area contributed by atoms with Gasteiger partial charge in [-0.1, -0.05) is 23.3 Å². The van der Waals surface area contributed by atoms with Gasteiger partial charge in [-0.05, 0) is 76.2 Å². The topological polar surface area (TPSA) is 173 Å². The molecule has 0 bridgehead atoms. The normalized spacial score (nSPS) is 17.4. The molecule has 11 nitrogen and oxygen atoms in total. The first kappa shape index (κ1) is 32.2. The van der Waals surface area contributed by atoms with Gasteiger partial charge in [-0.3, -0.25) is 9.59 Å². The highest BCUT2D eigenvalue weighted by Crippen LogP contribution is 2.28. The molecular formula is C28H37N5O6S2. The second kappa shape index (κ2) is 13.1. The van der Waals surface area contributed by atoms with Gasteiger partial charge in [-0.15, -0.1) is 0 Å². The number of nitrogens with two attached hydrogens (primary N) is 2. The molecule has 0 spiro atoms. The summed E-state index contributed by atoms with van der Waals surface area (Å²) in [6.45, 7) is 7.82. The maximum Gasteiger partial charge on any atom is 0.248 e. The number of allylic oxidation sites excluding steroid dienone is 2. The molecule has 0 aliphatic carbocycles. The standard InChI is InChI=1S/C28H37N5O6S2/c1-19(2)13-15-32(40(36,37)23-9-5-21(6-10-23)27(29)34)25-17-31-18-26(25)33(16-14-20(3)4)41(38,39)24-11-7-22(8-12-24)28(30)35/h5-14,25-26,31H,15-18H2,1-4H3,(H2,29,34)(H2,30,35)/t25-,26-/m0/s1. The third kappa shape index (κ3) is 7.49. The SMILES string of the molecule is CC(C)=CCN([C@H]1CNC[C@@H]1N(CC=C(C)C)S(=O)(=O)c1ccc(C(N)=O)cc1)S(=O)(=O)c1ccc(C(N)=O)cc1. The molecule has 1 fully saturated rings. The van der Waals surface area contributed by atoms with Crippen LogP contribution in [0.25, 0.3) is 0 Å². The van der Waals surface area contributed by atoms with Crippen LogP contribution in [0, 0.1) is 0 Å². The van der Waals surface area contributed by atoms with Gasteiger partial charge in [-0.2, -0.15) is 8.61 Å². The van der Waals surface area contributed by atoms with E-state index in [1.165, 1.54) is 57.1 Å². The Morgan fingerprint density at radius 3 is 1.29 bits per heavy atom. The molecule has 2 aromatic rings. The molecule has 1 aliphatic rings. The van der Waals surface area contributed by atoms with Crippen LogP contribution < -0.4 is 16.8 Å². The van der Waals surface area contributed by atoms with Crippen molar-refractivity contribution < 1.29 is 26.4 Å². The molecule has 0 unspecified atom stereocenters. The minimum Gasteiger partial charge on any atom is -0.366 e. The van der Waals surface area contributed by atoms with E-state index in [0.29, 0.717) is 0 Å². The maximum atomic E-state index is 14.0. The van der Waals surface area contributed by atoms with Gasteiger partial charge in [-0.25, -0.2) is 16.8 Å². The summed E-state index contributed by atoms with van der Waals surface area (Å²) in [7, 11) is -8.27. The number of rotatable bonds is 12. The second-order valence-corrected chi connectivity index (χ2v) is 14.1. The lowest BCUT2D eigenvalue weighted by Gasteiger charge is -2.36. The van der Waals surface area contributed by atoms with Gasteiger partial charge in [0.1, 0.15) is 0 Å². The fourth-order valence-electron chi connectivity index (χ4n) is 4.46. The molecule has 5 N–H and O–H groups in total. The van der Waals surface area contributed by atoms with Gasteiger partial charge in [0.2, 0.25) is 31.9 Å². The van der Waals surface area contributed by atoms with Crippen LogP contribution in [0.4, 0.5) is 0 Å². The van der Waals surface area contributed by atoms with Crippen LogP contribution in [0.1, 0.15) is 48.4 Å². The summed E-state index contributed by atoms with van der Waals surface area (Å²) in [5.41, 5.74) is 12.8. The average Bonchev–Trinajstić information content (AvgIpc) is 3.37. The fourth-order valence-corrected chi connectivity index (χ4v) is 7.65. The van der Waals surface area contributed by atoms with E-state index in [0.717, 1.165) is 11.1 Å². The lowest BCUT2D eigenvalue weighted by molar-refractivity contribution is 0.0992. The summed E-state index contributed by atoms with van der Waals surface area (Å²) in [5.74, 6) is -1.36. The second-order valence-electron chi connectivity index (χ2n) is 10.3. The fraction of sp³-hybridized carbons (Fsp3) is 0.357. The maximum absolute atomic E-state index is 14.0. The highest BCUT2D eigenvalue weighted by atomic mass is 32.2. The molecule has 0 saturated carbocycles. The lowest BCUT2D eigenvalue weighted by Crippen LogP contribution is -2.54. The minimum absolute atomic E-state index is 0.00885. The average molecular weight is 604 g/mol. The van der Waals surface area contributed by atoms with E-state index in [4.69, 9.17) is 11.5 Å². The highest BCUT2D eigenvalue weighted by molar-refractivity contribution is 7.89. The zero-order chi connectivity index (χ0) is 30.5. The van der Waals surface area contributed by atoms with E-state index in [1.54, 1.807) is 12.2 Å². The lowest BCUT2D eigenvalue weighted by atomic mass is 10.1. The van der Waals surface area contributed by atoms with Gasteiger partial charge in [0.25, 0.3) is 0 Å². The summed E-state index contributed by atoms with van der Waals surface area (Å²) in [4.78, 5) is 23.0. The Morgan fingerprint density at radius 2 is 1.02 bits per heavy atom. The Morgan fingerprint density at radius 1 is 0.707 bits per heavy atom. The van der Waals surface area contributed by atoms with Crippen molar-refractivity contribution in [2.24, 2.45) is 11.5 Å². The van der Waals surface area contributed by atoms with E-state index in [9.17, 15) is 26.4 Å². The van der Waals surface area contributed by atoms with Crippen molar-refractivity contribution in [2.45, 2.75) is 49.6 Å². The zero-order valence-electron chi connectivity index (χ0n) is 23.6. The van der Waals surface area contributed by atoms with Crippen LogP contribution in [0.3, 0.4) is 0 Å². The molecule has 222 valence electrons. The molecule has 13 heteroatoms. The number of sulfonamides is 2. The van der Waals surface area contributed by atoms with Crippen LogP contribution in [0.15, 0.2) is 81.6 Å². The number of hydrogen-bond donors (Lipinski definition) is 3. The summed E-state index contributed by atoms with van der Waals surface area (Å²) >= 11 is 0. The van der Waals surface area contributed by atoms with Crippen molar-refractivity contribution in [3.63, 3.8) is 0 Å². The molecule has 2 atom stereocenters. The van der Waals surface area contributed by atoms with Crippen LogP contribution >= 0.6 is 0 Å². The van der Waals surface area contributed by atoms with Gasteiger partial charge in [0, 0.05) is 37.3 Å². The van der Waals surface area contributed by atoms with E-state index >= 15 is 0 Å². The van der Waals surface area contributed by atoms with Crippen molar-refractivity contribution in [1.29, 1.82) is 0 Å². The number of carbonyl (C=O) groups is 2. The van der Waals surface area contributed by atoms with Gasteiger partial charge in [0.15, 0.2) is 0 Å². The predicted molar refractivity (Wildman–Crippen MR) is 157 cm³/mol. The molecule has 2 aromatic carbocycles. The molecule has 0 aromatic heterocycles. The van der Waals surface area contributed by atoms with Gasteiger partial charge < -0.3 is 16.8 Å². The molecule has 1 saturated heterocycles. The van der Waals surface area contributed by atoms with E-state index in [2.05, 4.69) is 5.32 Å². The molecule has 41 heavy (non-hydrogen) atoms. The summed E-state index contributed by atoms with van der Waals surface area (Å²) in [5, 5.41) is 3.18. The van der Waals surface area contributed by atoms with E-state index < -0.39 is 43.9 Å². The van der Waals surface area contributed by atoms with Crippen molar-refractivity contribution in [2.75, 3.05) is 26.2 Å². The van der Waals surface area contributed by atoms with E-state index in [1.807, 2.05) is 27.7 Å². The quantitative estimate of drug-likeness (QED) is 0.310. The Balaban J connectivity index is 2.11. The Labute approximate surface area is 242 Å². The van der Waals surface area contributed by atoms with Crippen molar-refractivity contribution in [3.8, 4) is 0 Å². The van der Waals surface area contributed by atoms with Crippen molar-refractivity contribution >= 4 is 31.9 Å². The monoisotopic (exact) mass is 603 g/mol. The van der Waals surface area contributed by atoms with Gasteiger partial charge >= 0.3 is 0 Å². The first-order valence-electron chi connectivity index (χ1n) is 13.0. The van der Waals surface area contributed by atoms with Crippen LogP contribution in [-0.4, -0.2) is 75.5 Å². The first-order valence-corrected chi connectivity index (χ1v) is 15.8. The summed E-state index contributed by atoms with van der Waals surface area (Å²) in [6.07, 6.45) is 3.53. The molecule has 1 aliphatic heterocycles. The van der Waals surface area contributed by atoms with Crippen molar-refractivity contribution in [3.05, 3.63) is 83.0 Å². The third-order valence-electron chi connectivity index (χ3n) is 6.74. The molecular weight excluding hydrogens is 566 g/mol. The number of primary amides is 2. The molecule has 3 rings (SSSR count). The zero-order valence-corrected chi connectivity index (χ0v) is 25.2. The smallest absolute Gasteiger partial charge is 0.248 e. The molecule has 2 amide bonds. The van der Waals surface area contributed by atoms with Crippen molar-refractivity contribution in [1.82, 2.24) is 13.9 Å². The number of benzene rings is 2. The largest absolute Gasteiger partial charge is 0.366 e. The van der Waals surface area contributed by atoms with Crippen LogP contribution in [-0.2, 0) is 20.0 Å².